The first-order valence-electron chi connectivity index (χ1n) is 14.4. The van der Waals surface area contributed by atoms with Crippen LogP contribution in [0.25, 0.3) is 11.1 Å². The Bertz CT molecular complexity index is 1790. The van der Waals surface area contributed by atoms with Crippen LogP contribution in [-0.2, 0) is 26.2 Å². The SMILES string of the molecule is Cc1cc(C[C@H]2COc3c(cc(Cn4ccnc4C)cc3-c3cn(C)nc3C(F)(F)F)C2=O)nc(N2CC(N(C)C(=O)O)C2)c1. The van der Waals surface area contributed by atoms with E-state index >= 15 is 0 Å². The first kappa shape index (κ1) is 30.2. The molecule has 14 heteroatoms. The number of rotatable bonds is 7. The van der Waals surface area contributed by atoms with Crippen molar-refractivity contribution >= 4 is 17.7 Å². The number of likely N-dealkylation sites (N-methyl/N-ethyl adjacent to an activating group) is 1. The lowest BCUT2D eigenvalue weighted by Gasteiger charge is -2.43. The molecule has 5 heterocycles. The van der Waals surface area contributed by atoms with Crippen LogP contribution in [0.4, 0.5) is 23.8 Å². The fourth-order valence-corrected chi connectivity index (χ4v) is 5.89. The van der Waals surface area contributed by atoms with Gasteiger partial charge in [0.1, 0.15) is 17.4 Å². The van der Waals surface area contributed by atoms with Crippen LogP contribution in [-0.4, -0.2) is 79.0 Å². The van der Waals surface area contributed by atoms with Crippen LogP contribution >= 0.6 is 0 Å². The number of fused-ring (bicyclic) bond motifs is 1. The van der Waals surface area contributed by atoms with E-state index in [1.807, 2.05) is 35.4 Å². The smallest absolute Gasteiger partial charge is 0.435 e. The van der Waals surface area contributed by atoms with Crippen LogP contribution in [0.3, 0.4) is 0 Å². The van der Waals surface area contributed by atoms with Crippen molar-refractivity contribution in [2.45, 2.75) is 39.0 Å². The van der Waals surface area contributed by atoms with Crippen molar-refractivity contribution in [1.29, 1.82) is 0 Å². The Labute approximate surface area is 256 Å². The number of carbonyl (C=O) groups excluding carboxylic acids is 1. The quantitative estimate of drug-likeness (QED) is 0.318. The predicted molar refractivity (Wildman–Crippen MR) is 157 cm³/mol. The van der Waals surface area contributed by atoms with Crippen LogP contribution in [0.15, 0.2) is 42.9 Å². The molecule has 6 rings (SSSR count). The van der Waals surface area contributed by atoms with E-state index in [-0.39, 0.29) is 47.3 Å². The van der Waals surface area contributed by atoms with Gasteiger partial charge in [0.15, 0.2) is 11.5 Å². The van der Waals surface area contributed by atoms with E-state index < -0.39 is 23.9 Å². The molecule has 4 aromatic rings. The Morgan fingerprint density at radius 3 is 2.53 bits per heavy atom. The van der Waals surface area contributed by atoms with Gasteiger partial charge in [-0.15, -0.1) is 0 Å². The molecule has 1 aromatic carbocycles. The van der Waals surface area contributed by atoms with E-state index in [4.69, 9.17) is 9.72 Å². The minimum absolute atomic E-state index is 0.0272. The summed E-state index contributed by atoms with van der Waals surface area (Å²) in [6, 6.07) is 6.98. The monoisotopic (exact) mass is 623 g/mol. The van der Waals surface area contributed by atoms with Crippen LogP contribution in [0.5, 0.6) is 5.75 Å². The number of aryl methyl sites for hydroxylation is 3. The number of hydrogen-bond donors (Lipinski definition) is 1. The zero-order chi connectivity index (χ0) is 32.2. The van der Waals surface area contributed by atoms with Gasteiger partial charge in [0.05, 0.1) is 24.1 Å². The Kier molecular flexibility index (Phi) is 7.53. The first-order valence-corrected chi connectivity index (χ1v) is 14.4. The fraction of sp³-hybridized carbons (Fsp3) is 0.387. The number of hydrogen-bond acceptors (Lipinski definition) is 7. The van der Waals surface area contributed by atoms with E-state index in [9.17, 15) is 27.9 Å². The molecule has 1 amide bonds. The molecule has 2 aliphatic heterocycles. The summed E-state index contributed by atoms with van der Waals surface area (Å²) in [4.78, 5) is 37.6. The third-order valence-corrected chi connectivity index (χ3v) is 8.38. The number of ether oxygens (including phenoxy) is 1. The van der Waals surface area contributed by atoms with E-state index in [2.05, 4.69) is 10.1 Å². The number of imidazole rings is 1. The summed E-state index contributed by atoms with van der Waals surface area (Å²) in [7, 11) is 2.96. The van der Waals surface area contributed by atoms with Gasteiger partial charge < -0.3 is 24.2 Å². The second kappa shape index (κ2) is 11.2. The fourth-order valence-electron chi connectivity index (χ4n) is 5.89. The molecule has 0 spiro atoms. The number of nitrogens with zero attached hydrogens (tertiary/aromatic N) is 7. The average molecular weight is 624 g/mol. The normalized spacial score (nSPS) is 16.7. The highest BCUT2D eigenvalue weighted by Gasteiger charge is 2.40. The van der Waals surface area contributed by atoms with Gasteiger partial charge in [-0.25, -0.2) is 14.8 Å². The lowest BCUT2D eigenvalue weighted by molar-refractivity contribution is -0.141. The number of halogens is 3. The van der Waals surface area contributed by atoms with E-state index in [1.165, 1.54) is 25.2 Å². The van der Waals surface area contributed by atoms with Crippen molar-refractivity contribution in [2.24, 2.45) is 13.0 Å². The molecule has 1 N–H and O–H groups in total. The minimum Gasteiger partial charge on any atom is -0.491 e. The van der Waals surface area contributed by atoms with Crippen LogP contribution in [0, 0.1) is 19.8 Å². The van der Waals surface area contributed by atoms with Gasteiger partial charge in [-0.2, -0.15) is 18.3 Å². The number of amides is 1. The van der Waals surface area contributed by atoms with Crippen molar-refractivity contribution in [3.05, 3.63) is 76.8 Å². The molecule has 0 aliphatic carbocycles. The third-order valence-electron chi connectivity index (χ3n) is 8.38. The Morgan fingerprint density at radius 1 is 1.13 bits per heavy atom. The van der Waals surface area contributed by atoms with Gasteiger partial charge in [-0.05, 0) is 49.2 Å². The van der Waals surface area contributed by atoms with Gasteiger partial charge in [-0.1, -0.05) is 0 Å². The molecule has 11 nitrogen and oxygen atoms in total. The van der Waals surface area contributed by atoms with Crippen molar-refractivity contribution in [2.75, 3.05) is 31.6 Å². The molecule has 236 valence electrons. The summed E-state index contributed by atoms with van der Waals surface area (Å²) in [6.45, 7) is 5.03. The molecule has 0 unspecified atom stereocenters. The molecule has 1 atom stereocenters. The van der Waals surface area contributed by atoms with Crippen molar-refractivity contribution in [3.8, 4) is 16.9 Å². The second-order valence-electron chi connectivity index (χ2n) is 11.7. The van der Waals surface area contributed by atoms with E-state index in [1.54, 1.807) is 24.5 Å². The standard InChI is InChI=1S/C31H32F3N7O4/c1-17-7-21(36-26(8-17)41-13-22(14-41)39(4)30(43)44)11-20-16-45-28-23(25-15-38(3)37-29(25)31(32,33)34)9-19(10-24(28)27(20)42)12-40-6-5-35-18(40)2/h5-10,15,20,22H,11-14,16H2,1-4H3,(H,43,44)/t20-/m0/s1. The number of aromatic nitrogens is 5. The van der Waals surface area contributed by atoms with Crippen LogP contribution in [0.1, 0.15) is 38.7 Å². The first-order chi connectivity index (χ1) is 21.3. The summed E-state index contributed by atoms with van der Waals surface area (Å²) in [5.74, 6) is 0.665. The maximum Gasteiger partial charge on any atom is 0.435 e. The molecule has 0 saturated carbocycles. The lowest BCUT2D eigenvalue weighted by Crippen LogP contribution is -2.60. The maximum absolute atomic E-state index is 14.0. The highest BCUT2D eigenvalue weighted by Crippen LogP contribution is 2.44. The summed E-state index contributed by atoms with van der Waals surface area (Å²) in [6.07, 6.45) is -0.747. The van der Waals surface area contributed by atoms with Crippen molar-refractivity contribution < 1.29 is 32.6 Å². The molecular weight excluding hydrogens is 591 g/mol. The molecule has 1 fully saturated rings. The Balaban J connectivity index is 1.32. The molecule has 1 saturated heterocycles. The van der Waals surface area contributed by atoms with Gasteiger partial charge >= 0.3 is 12.3 Å². The Morgan fingerprint density at radius 2 is 1.87 bits per heavy atom. The molecular formula is C31H32F3N7O4. The van der Waals surface area contributed by atoms with Gasteiger partial charge in [0, 0.05) is 75.6 Å². The third kappa shape index (κ3) is 5.83. The molecule has 3 aromatic heterocycles. The highest BCUT2D eigenvalue weighted by molar-refractivity contribution is 6.04. The summed E-state index contributed by atoms with van der Waals surface area (Å²) >= 11 is 0. The summed E-state index contributed by atoms with van der Waals surface area (Å²) < 4.78 is 51.2. The summed E-state index contributed by atoms with van der Waals surface area (Å²) in [5.41, 5.74) is 1.37. The molecule has 45 heavy (non-hydrogen) atoms. The van der Waals surface area contributed by atoms with Gasteiger partial charge in [0.25, 0.3) is 0 Å². The second-order valence-corrected chi connectivity index (χ2v) is 11.7. The predicted octanol–water partition coefficient (Wildman–Crippen LogP) is 4.59. The van der Waals surface area contributed by atoms with Crippen molar-refractivity contribution in [1.82, 2.24) is 29.2 Å². The van der Waals surface area contributed by atoms with E-state index in [0.717, 1.165) is 16.1 Å². The number of anilines is 1. The molecule has 2 aliphatic rings. The average Bonchev–Trinajstić information content (AvgIpc) is 3.53. The van der Waals surface area contributed by atoms with Gasteiger partial charge in [-0.3, -0.25) is 9.48 Å². The largest absolute Gasteiger partial charge is 0.491 e. The minimum atomic E-state index is -4.71. The topological polar surface area (TPSA) is 119 Å². The number of benzene rings is 1. The Hall–Kier alpha value is -4.88. The zero-order valence-electron chi connectivity index (χ0n) is 25.2. The van der Waals surface area contributed by atoms with Gasteiger partial charge in [0.2, 0.25) is 0 Å². The van der Waals surface area contributed by atoms with Crippen LogP contribution in [0.2, 0.25) is 0 Å². The number of pyridine rings is 1. The number of alkyl halides is 3. The maximum atomic E-state index is 14.0. The van der Waals surface area contributed by atoms with Crippen LogP contribution < -0.4 is 9.64 Å². The number of carbonyl (C=O) groups is 2. The number of Topliss-reactive ketones (excluding diaryl/α,β-unsaturated/α-hetero) is 1. The van der Waals surface area contributed by atoms with E-state index in [0.29, 0.717) is 36.7 Å². The highest BCUT2D eigenvalue weighted by atomic mass is 19.4. The number of carboxylic acid groups (broad SMARTS) is 1. The summed E-state index contributed by atoms with van der Waals surface area (Å²) in [5, 5.41) is 12.9. The molecule has 0 bridgehead atoms. The van der Waals surface area contributed by atoms with Crippen molar-refractivity contribution in [3.63, 3.8) is 0 Å². The zero-order valence-corrected chi connectivity index (χ0v) is 25.2. The lowest BCUT2D eigenvalue weighted by atomic mass is 9.87. The molecule has 0 radical (unpaired) electrons. The number of ketones is 1.